The summed E-state index contributed by atoms with van der Waals surface area (Å²) >= 11 is 3.35. The van der Waals surface area contributed by atoms with E-state index in [9.17, 15) is 14.6 Å². The Morgan fingerprint density at radius 2 is 1.79 bits per heavy atom. The van der Waals surface area contributed by atoms with E-state index in [-0.39, 0.29) is 18.0 Å². The lowest BCUT2D eigenvalue weighted by atomic mass is 9.89. The minimum absolute atomic E-state index is 0.145. The van der Waals surface area contributed by atoms with Crippen LogP contribution in [-0.2, 0) is 12.0 Å². The largest absolute Gasteiger partial charge is 0.508 e. The van der Waals surface area contributed by atoms with Crippen molar-refractivity contribution >= 4 is 15.9 Å². The Morgan fingerprint density at radius 1 is 1.16 bits per heavy atom. The number of halogens is 2. The molecule has 0 heterocycles. The first-order valence-electron chi connectivity index (χ1n) is 5.84. The van der Waals surface area contributed by atoms with Crippen LogP contribution in [0, 0.1) is 5.82 Å². The molecule has 0 aliphatic heterocycles. The van der Waals surface area contributed by atoms with Crippen LogP contribution in [0.5, 0.6) is 5.75 Å². The molecule has 0 amide bonds. The first-order valence-corrected chi connectivity index (χ1v) is 6.63. The third kappa shape index (κ3) is 3.33. The van der Waals surface area contributed by atoms with E-state index in [1.807, 2.05) is 0 Å². The summed E-state index contributed by atoms with van der Waals surface area (Å²) in [7, 11) is 0. The molecule has 0 saturated carbocycles. The van der Waals surface area contributed by atoms with Gasteiger partial charge in [-0.15, -0.1) is 0 Å². The average molecular weight is 325 g/mol. The number of phenols is 1. The van der Waals surface area contributed by atoms with Crippen LogP contribution in [0.15, 0.2) is 46.9 Å². The van der Waals surface area contributed by atoms with Crippen molar-refractivity contribution in [3.63, 3.8) is 0 Å². The van der Waals surface area contributed by atoms with E-state index >= 15 is 0 Å². The van der Waals surface area contributed by atoms with Gasteiger partial charge in [-0.3, -0.25) is 0 Å². The van der Waals surface area contributed by atoms with Gasteiger partial charge >= 0.3 is 0 Å². The molecular formula is C15H14BrFO2. The molecule has 0 aliphatic carbocycles. The van der Waals surface area contributed by atoms with Crippen LogP contribution in [0.25, 0.3) is 0 Å². The number of aliphatic hydroxyl groups is 1. The summed E-state index contributed by atoms with van der Waals surface area (Å²) in [5.74, 6) is -0.189. The molecule has 2 aromatic carbocycles. The van der Waals surface area contributed by atoms with Crippen molar-refractivity contribution in [3.8, 4) is 5.75 Å². The van der Waals surface area contributed by atoms with Gasteiger partial charge in [0.1, 0.15) is 11.6 Å². The number of benzene rings is 2. The molecule has 100 valence electrons. The van der Waals surface area contributed by atoms with Gasteiger partial charge in [-0.1, -0.05) is 28.1 Å². The maximum absolute atomic E-state index is 13.2. The Bertz CT molecular complexity index is 579. The zero-order valence-corrected chi connectivity index (χ0v) is 12.0. The van der Waals surface area contributed by atoms with Gasteiger partial charge in [-0.2, -0.15) is 0 Å². The SMILES string of the molecule is CC(O)(Cc1cc(F)ccc1Br)c1ccc(O)cc1. The predicted octanol–water partition coefficient (Wildman–Crippen LogP) is 3.74. The highest BCUT2D eigenvalue weighted by Crippen LogP contribution is 2.30. The highest BCUT2D eigenvalue weighted by Gasteiger charge is 2.24. The second-order valence-electron chi connectivity index (χ2n) is 4.73. The van der Waals surface area contributed by atoms with E-state index in [2.05, 4.69) is 15.9 Å². The molecule has 0 fully saturated rings. The van der Waals surface area contributed by atoms with Crippen LogP contribution in [0.2, 0.25) is 0 Å². The van der Waals surface area contributed by atoms with Crippen molar-refractivity contribution in [1.82, 2.24) is 0 Å². The first kappa shape index (κ1) is 14.0. The second kappa shape index (κ2) is 5.31. The average Bonchev–Trinajstić information content (AvgIpc) is 2.34. The van der Waals surface area contributed by atoms with Crippen LogP contribution >= 0.6 is 15.9 Å². The number of hydrogen-bond donors (Lipinski definition) is 2. The molecular weight excluding hydrogens is 311 g/mol. The maximum atomic E-state index is 13.2. The Morgan fingerprint density at radius 3 is 2.42 bits per heavy atom. The van der Waals surface area contributed by atoms with E-state index < -0.39 is 5.60 Å². The van der Waals surface area contributed by atoms with Gasteiger partial charge < -0.3 is 10.2 Å². The van der Waals surface area contributed by atoms with Gasteiger partial charge in [0, 0.05) is 10.9 Å². The molecule has 0 bridgehead atoms. The Hall–Kier alpha value is -1.39. The highest BCUT2D eigenvalue weighted by molar-refractivity contribution is 9.10. The Balaban J connectivity index is 2.30. The van der Waals surface area contributed by atoms with Crippen molar-refractivity contribution in [2.24, 2.45) is 0 Å². The zero-order chi connectivity index (χ0) is 14.0. The first-order chi connectivity index (χ1) is 8.88. The smallest absolute Gasteiger partial charge is 0.123 e. The lowest BCUT2D eigenvalue weighted by Crippen LogP contribution is -2.24. The molecule has 0 aliphatic rings. The fraction of sp³-hybridized carbons (Fsp3) is 0.200. The molecule has 2 rings (SSSR count). The summed E-state index contributed by atoms with van der Waals surface area (Å²) in [5, 5.41) is 19.8. The van der Waals surface area contributed by atoms with Crippen LogP contribution in [0.1, 0.15) is 18.1 Å². The van der Waals surface area contributed by atoms with Crippen LogP contribution < -0.4 is 0 Å². The monoisotopic (exact) mass is 324 g/mol. The molecule has 0 saturated heterocycles. The van der Waals surface area contributed by atoms with Crippen LogP contribution in [0.4, 0.5) is 4.39 Å². The third-order valence-corrected chi connectivity index (χ3v) is 3.81. The molecule has 19 heavy (non-hydrogen) atoms. The van der Waals surface area contributed by atoms with Crippen molar-refractivity contribution in [3.05, 3.63) is 63.9 Å². The molecule has 2 aromatic rings. The van der Waals surface area contributed by atoms with Crippen LogP contribution in [0.3, 0.4) is 0 Å². The van der Waals surface area contributed by atoms with Crippen molar-refractivity contribution < 1.29 is 14.6 Å². The normalized spacial score (nSPS) is 14.1. The summed E-state index contributed by atoms with van der Waals surface area (Å²) in [6.07, 6.45) is 0.274. The van der Waals surface area contributed by atoms with Gasteiger partial charge in [-0.25, -0.2) is 4.39 Å². The summed E-state index contributed by atoms with van der Waals surface area (Å²) in [6.45, 7) is 1.66. The highest BCUT2D eigenvalue weighted by atomic mass is 79.9. The van der Waals surface area contributed by atoms with E-state index in [0.29, 0.717) is 11.1 Å². The van der Waals surface area contributed by atoms with Gasteiger partial charge in [0.05, 0.1) is 5.60 Å². The molecule has 0 spiro atoms. The number of rotatable bonds is 3. The van der Waals surface area contributed by atoms with Crippen molar-refractivity contribution in [1.29, 1.82) is 0 Å². The van der Waals surface area contributed by atoms with Crippen molar-refractivity contribution in [2.75, 3.05) is 0 Å². The molecule has 2 N–H and O–H groups in total. The predicted molar refractivity (Wildman–Crippen MR) is 75.5 cm³/mol. The number of aromatic hydroxyl groups is 1. The van der Waals surface area contributed by atoms with E-state index in [4.69, 9.17) is 0 Å². The molecule has 1 unspecified atom stereocenters. The standard InChI is InChI=1S/C15H14BrFO2/c1-15(19,11-2-5-13(18)6-3-11)9-10-8-12(17)4-7-14(10)16/h2-8,18-19H,9H2,1H3. The minimum Gasteiger partial charge on any atom is -0.508 e. The van der Waals surface area contributed by atoms with E-state index in [1.54, 1.807) is 25.1 Å². The molecule has 0 aromatic heterocycles. The Labute approximate surface area is 119 Å². The second-order valence-corrected chi connectivity index (χ2v) is 5.59. The summed E-state index contributed by atoms with van der Waals surface area (Å²) in [4.78, 5) is 0. The molecule has 1 atom stereocenters. The fourth-order valence-corrected chi connectivity index (χ4v) is 2.36. The van der Waals surface area contributed by atoms with Gasteiger partial charge in [-0.05, 0) is 48.4 Å². The van der Waals surface area contributed by atoms with Crippen LogP contribution in [-0.4, -0.2) is 10.2 Å². The summed E-state index contributed by atoms with van der Waals surface area (Å²) in [5.41, 5.74) is 0.226. The zero-order valence-electron chi connectivity index (χ0n) is 10.4. The quantitative estimate of drug-likeness (QED) is 0.902. The maximum Gasteiger partial charge on any atom is 0.123 e. The number of phenolic OH excluding ortho intramolecular Hbond substituents is 1. The van der Waals surface area contributed by atoms with Gasteiger partial charge in [0.25, 0.3) is 0 Å². The van der Waals surface area contributed by atoms with E-state index in [0.717, 1.165) is 4.47 Å². The topological polar surface area (TPSA) is 40.5 Å². The van der Waals surface area contributed by atoms with Gasteiger partial charge in [0.2, 0.25) is 0 Å². The number of hydrogen-bond acceptors (Lipinski definition) is 2. The molecule has 4 heteroatoms. The van der Waals surface area contributed by atoms with E-state index in [1.165, 1.54) is 24.3 Å². The van der Waals surface area contributed by atoms with Gasteiger partial charge in [0.15, 0.2) is 0 Å². The summed E-state index contributed by atoms with van der Waals surface area (Å²) < 4.78 is 14.0. The van der Waals surface area contributed by atoms with Crippen molar-refractivity contribution in [2.45, 2.75) is 18.9 Å². The summed E-state index contributed by atoms with van der Waals surface area (Å²) in [6, 6.07) is 10.7. The lowest BCUT2D eigenvalue weighted by molar-refractivity contribution is 0.0573. The molecule has 2 nitrogen and oxygen atoms in total. The lowest BCUT2D eigenvalue weighted by Gasteiger charge is -2.24. The third-order valence-electron chi connectivity index (χ3n) is 3.03. The molecule has 0 radical (unpaired) electrons. The minimum atomic E-state index is -1.13. The fourth-order valence-electron chi connectivity index (χ4n) is 1.97. The Kier molecular flexibility index (Phi) is 3.92.